The van der Waals surface area contributed by atoms with Gasteiger partial charge in [-0.05, 0) is 72.6 Å². The maximum Gasteiger partial charge on any atom is 0.355 e. The molecular weight excluding hydrogens is 654 g/mol. The Labute approximate surface area is 270 Å². The van der Waals surface area contributed by atoms with E-state index in [9.17, 15) is 26.7 Å². The highest BCUT2D eigenvalue weighted by molar-refractivity contribution is 7.91. The van der Waals surface area contributed by atoms with Gasteiger partial charge in [0.25, 0.3) is 10.0 Å². The van der Waals surface area contributed by atoms with Crippen LogP contribution in [0.3, 0.4) is 0 Å². The third-order valence-electron chi connectivity index (χ3n) is 7.54. The van der Waals surface area contributed by atoms with Gasteiger partial charge >= 0.3 is 5.97 Å². The molecule has 0 amide bonds. The zero-order chi connectivity index (χ0) is 32.6. The van der Waals surface area contributed by atoms with E-state index >= 15 is 0 Å². The number of pyridine rings is 1. The predicted octanol–water partition coefficient (Wildman–Crippen LogP) is 5.07. The Balaban J connectivity index is 1.30. The number of benzene rings is 3. The lowest BCUT2D eigenvalue weighted by Gasteiger charge is -2.32. The first-order valence-electron chi connectivity index (χ1n) is 14.1. The standard InChI is InChI=1S/C32H28ClN3O8S2/c1-21-17-23(13-14-34-21)22-7-10-25(11-8-22)44-20-26-19-35(15-16-43-26)46(41,42)31-28-18-24(33)9-12-29(28)36(30(31)32(37)38)45(39,40)27-5-3-2-4-6-27/h2-14,17-18,26H,15-16,19-20H2,1H3,(H,37,38). The molecule has 1 N–H and O–H groups in total. The lowest BCUT2D eigenvalue weighted by molar-refractivity contribution is -0.0249. The first-order valence-corrected chi connectivity index (χ1v) is 17.4. The zero-order valence-electron chi connectivity index (χ0n) is 24.4. The van der Waals surface area contributed by atoms with Crippen molar-refractivity contribution in [2.24, 2.45) is 0 Å². The van der Waals surface area contributed by atoms with E-state index in [2.05, 4.69) is 4.98 Å². The van der Waals surface area contributed by atoms with Gasteiger partial charge in [-0.25, -0.2) is 25.6 Å². The number of ether oxygens (including phenoxy) is 2. The molecule has 0 radical (unpaired) electrons. The fraction of sp³-hybridized carbons (Fsp3) is 0.188. The number of carboxylic acid groups (broad SMARTS) is 1. The first kappa shape index (κ1) is 31.7. The lowest BCUT2D eigenvalue weighted by Crippen LogP contribution is -2.47. The number of halogens is 1. The SMILES string of the molecule is Cc1cc(-c2ccc(OCC3CN(S(=O)(=O)c4c(C(=O)O)n(S(=O)(=O)c5ccccc5)c5ccc(Cl)cc45)CCO3)cc2)ccn1. The molecule has 0 bridgehead atoms. The minimum absolute atomic E-state index is 0.0116. The lowest BCUT2D eigenvalue weighted by atomic mass is 10.1. The van der Waals surface area contributed by atoms with Gasteiger partial charge in [-0.2, -0.15) is 4.31 Å². The van der Waals surface area contributed by atoms with E-state index < -0.39 is 42.7 Å². The van der Waals surface area contributed by atoms with Crippen molar-refractivity contribution in [2.75, 3.05) is 26.3 Å². The highest BCUT2D eigenvalue weighted by Gasteiger charge is 2.40. The summed E-state index contributed by atoms with van der Waals surface area (Å²) in [6.45, 7) is 1.70. The minimum atomic E-state index is -4.59. The second-order valence-corrected chi connectivity index (χ2v) is 14.7. The zero-order valence-corrected chi connectivity index (χ0v) is 26.8. The molecule has 1 saturated heterocycles. The number of carbonyl (C=O) groups is 1. The van der Waals surface area contributed by atoms with E-state index in [1.165, 1.54) is 42.5 Å². The summed E-state index contributed by atoms with van der Waals surface area (Å²) in [5, 5.41) is 10.3. The normalized spacial score (nSPS) is 16.0. The highest BCUT2D eigenvalue weighted by atomic mass is 35.5. The Bertz CT molecular complexity index is 2150. The molecule has 2 aromatic heterocycles. The van der Waals surface area contributed by atoms with Crippen LogP contribution in [-0.4, -0.2) is 73.6 Å². The average molecular weight is 682 g/mol. The van der Waals surface area contributed by atoms with Gasteiger partial charge in [0.2, 0.25) is 10.0 Å². The molecule has 0 spiro atoms. The fourth-order valence-electron chi connectivity index (χ4n) is 5.40. The number of sulfonamides is 1. The Morgan fingerprint density at radius 2 is 1.72 bits per heavy atom. The molecule has 5 aromatic rings. The number of hydrogen-bond donors (Lipinski definition) is 1. The van der Waals surface area contributed by atoms with Gasteiger partial charge in [-0.1, -0.05) is 41.9 Å². The van der Waals surface area contributed by atoms with Crippen LogP contribution in [0, 0.1) is 6.92 Å². The number of hydrogen-bond acceptors (Lipinski definition) is 8. The number of aromatic carboxylic acids is 1. The highest BCUT2D eigenvalue weighted by Crippen LogP contribution is 2.37. The van der Waals surface area contributed by atoms with Gasteiger partial charge in [0.15, 0.2) is 5.69 Å². The molecular formula is C32H28ClN3O8S2. The molecule has 3 heterocycles. The molecule has 46 heavy (non-hydrogen) atoms. The summed E-state index contributed by atoms with van der Waals surface area (Å²) in [4.78, 5) is 16.1. The minimum Gasteiger partial charge on any atom is -0.491 e. The van der Waals surface area contributed by atoms with Crippen LogP contribution in [0.2, 0.25) is 5.02 Å². The van der Waals surface area contributed by atoms with Crippen molar-refractivity contribution in [3.63, 3.8) is 0 Å². The molecule has 0 aliphatic carbocycles. The van der Waals surface area contributed by atoms with Gasteiger partial charge in [-0.15, -0.1) is 0 Å². The van der Waals surface area contributed by atoms with E-state index in [0.29, 0.717) is 9.72 Å². The molecule has 1 aliphatic rings. The smallest absolute Gasteiger partial charge is 0.355 e. The Morgan fingerprint density at radius 1 is 0.978 bits per heavy atom. The van der Waals surface area contributed by atoms with Gasteiger partial charge in [0.1, 0.15) is 23.4 Å². The second-order valence-electron chi connectivity index (χ2n) is 10.6. The molecule has 0 saturated carbocycles. The van der Waals surface area contributed by atoms with Crippen LogP contribution in [0.25, 0.3) is 22.0 Å². The van der Waals surface area contributed by atoms with Crippen molar-refractivity contribution in [1.29, 1.82) is 0 Å². The second kappa shape index (κ2) is 12.5. The number of carboxylic acids is 1. The van der Waals surface area contributed by atoms with Crippen molar-refractivity contribution in [1.82, 2.24) is 13.3 Å². The Kier molecular flexibility index (Phi) is 8.61. The molecule has 238 valence electrons. The van der Waals surface area contributed by atoms with Crippen LogP contribution >= 0.6 is 11.6 Å². The van der Waals surface area contributed by atoms with E-state index in [1.54, 1.807) is 24.4 Å². The number of fused-ring (bicyclic) bond motifs is 1. The monoisotopic (exact) mass is 681 g/mol. The molecule has 3 aromatic carbocycles. The van der Waals surface area contributed by atoms with Gasteiger partial charge < -0.3 is 14.6 Å². The van der Waals surface area contributed by atoms with Crippen molar-refractivity contribution in [2.45, 2.75) is 22.8 Å². The third-order valence-corrected chi connectivity index (χ3v) is 11.4. The van der Waals surface area contributed by atoms with E-state index in [0.717, 1.165) is 21.1 Å². The molecule has 6 rings (SSSR count). The largest absolute Gasteiger partial charge is 0.491 e. The summed E-state index contributed by atoms with van der Waals surface area (Å²) in [5.74, 6) is -1.18. The Morgan fingerprint density at radius 3 is 2.41 bits per heavy atom. The van der Waals surface area contributed by atoms with Crippen LogP contribution in [0.4, 0.5) is 0 Å². The number of morpholine rings is 1. The number of nitrogens with zero attached hydrogens (tertiary/aromatic N) is 3. The predicted molar refractivity (Wildman–Crippen MR) is 171 cm³/mol. The summed E-state index contributed by atoms with van der Waals surface area (Å²) in [7, 11) is -9.13. The van der Waals surface area contributed by atoms with E-state index in [-0.39, 0.29) is 47.1 Å². The number of rotatable bonds is 9. The van der Waals surface area contributed by atoms with Crippen molar-refractivity contribution in [3.05, 3.63) is 108 Å². The summed E-state index contributed by atoms with van der Waals surface area (Å²) in [5.41, 5.74) is 1.84. The molecule has 1 fully saturated rings. The number of aryl methyl sites for hydroxylation is 1. The molecule has 14 heteroatoms. The summed E-state index contributed by atoms with van der Waals surface area (Å²) < 4.78 is 69.4. The van der Waals surface area contributed by atoms with Crippen LogP contribution < -0.4 is 4.74 Å². The van der Waals surface area contributed by atoms with Crippen molar-refractivity contribution in [3.8, 4) is 16.9 Å². The molecule has 11 nitrogen and oxygen atoms in total. The topological polar surface area (TPSA) is 145 Å². The van der Waals surface area contributed by atoms with E-state index in [1.807, 2.05) is 31.2 Å². The average Bonchev–Trinajstić information content (AvgIpc) is 3.41. The Hall–Kier alpha value is -4.27. The van der Waals surface area contributed by atoms with Crippen molar-refractivity contribution < 1.29 is 36.2 Å². The summed E-state index contributed by atoms with van der Waals surface area (Å²) in [6.07, 6.45) is 1.05. The maximum absolute atomic E-state index is 14.2. The van der Waals surface area contributed by atoms with Gasteiger partial charge in [0.05, 0.1) is 17.0 Å². The van der Waals surface area contributed by atoms with E-state index in [4.69, 9.17) is 21.1 Å². The quantitative estimate of drug-likeness (QED) is 0.225. The van der Waals surface area contributed by atoms with Crippen LogP contribution in [0.5, 0.6) is 5.75 Å². The fourth-order valence-corrected chi connectivity index (χ4v) is 8.97. The third kappa shape index (κ3) is 5.99. The van der Waals surface area contributed by atoms with Gasteiger partial charge in [-0.3, -0.25) is 4.98 Å². The molecule has 1 aliphatic heterocycles. The molecule has 1 atom stereocenters. The number of aromatic nitrogens is 2. The first-order chi connectivity index (χ1) is 22.0. The summed E-state index contributed by atoms with van der Waals surface area (Å²) >= 11 is 6.22. The van der Waals surface area contributed by atoms with Crippen LogP contribution in [-0.2, 0) is 24.8 Å². The van der Waals surface area contributed by atoms with Gasteiger partial charge in [0, 0.05) is 35.4 Å². The molecule has 1 unspecified atom stereocenters. The summed E-state index contributed by atoms with van der Waals surface area (Å²) in [6, 6.07) is 22.4. The van der Waals surface area contributed by atoms with Crippen LogP contribution in [0.15, 0.2) is 101 Å². The maximum atomic E-state index is 14.2. The van der Waals surface area contributed by atoms with Crippen molar-refractivity contribution >= 4 is 48.5 Å². The van der Waals surface area contributed by atoms with Crippen LogP contribution in [0.1, 0.15) is 16.2 Å².